The van der Waals surface area contributed by atoms with Crippen LogP contribution in [-0.4, -0.2) is 24.0 Å². The van der Waals surface area contributed by atoms with Crippen molar-refractivity contribution in [1.29, 1.82) is 0 Å². The molecule has 1 aliphatic heterocycles. The second kappa shape index (κ2) is 3.91. The molecule has 0 aromatic rings. The molecule has 1 fully saturated rings. The van der Waals surface area contributed by atoms with Crippen molar-refractivity contribution in [2.24, 2.45) is 0 Å². The molecule has 0 N–H and O–H groups in total. The van der Waals surface area contributed by atoms with Crippen LogP contribution in [0.1, 0.15) is 33.6 Å². The Bertz CT molecular complexity index is 147. The van der Waals surface area contributed by atoms with Crippen LogP contribution < -0.4 is 0 Å². The molecule has 0 radical (unpaired) electrons. The lowest BCUT2D eigenvalue weighted by Crippen LogP contribution is -2.36. The molecule has 0 saturated carbocycles. The highest BCUT2D eigenvalue weighted by molar-refractivity contribution is 5.05. The summed E-state index contributed by atoms with van der Waals surface area (Å²) in [5.41, 5.74) is 1.62. The Hall–Kier alpha value is -0.300. The number of nitrogens with zero attached hydrogens (tertiary/aromatic N) is 1. The van der Waals surface area contributed by atoms with Gasteiger partial charge in [-0.1, -0.05) is 11.6 Å². The van der Waals surface area contributed by atoms with Crippen molar-refractivity contribution >= 4 is 0 Å². The van der Waals surface area contributed by atoms with Gasteiger partial charge in [-0.3, -0.25) is 4.90 Å². The van der Waals surface area contributed by atoms with Gasteiger partial charge < -0.3 is 0 Å². The Labute approximate surface area is 70.1 Å². The fraction of sp³-hybridized carbons (Fsp3) is 0.800. The summed E-state index contributed by atoms with van der Waals surface area (Å²) in [6, 6.07) is 0.713. The summed E-state index contributed by atoms with van der Waals surface area (Å²) in [6.07, 6.45) is 4.94. The first-order chi connectivity index (χ1) is 5.24. The fourth-order valence-electron chi connectivity index (χ4n) is 1.60. The summed E-state index contributed by atoms with van der Waals surface area (Å²) in [6.45, 7) is 9.19. The molecule has 1 rings (SSSR count). The van der Waals surface area contributed by atoms with E-state index in [0.29, 0.717) is 6.04 Å². The number of hydrogen-bond acceptors (Lipinski definition) is 1. The predicted molar refractivity (Wildman–Crippen MR) is 49.7 cm³/mol. The van der Waals surface area contributed by atoms with Crippen LogP contribution >= 0.6 is 0 Å². The average Bonchev–Trinajstić information content (AvgIpc) is 2.05. The van der Waals surface area contributed by atoms with E-state index in [9.17, 15) is 0 Å². The van der Waals surface area contributed by atoms with Crippen molar-refractivity contribution in [1.82, 2.24) is 4.90 Å². The fourth-order valence-corrected chi connectivity index (χ4v) is 1.60. The Morgan fingerprint density at radius 2 is 2.18 bits per heavy atom. The largest absolute Gasteiger partial charge is 0.297 e. The lowest BCUT2D eigenvalue weighted by molar-refractivity contribution is 0.216. The van der Waals surface area contributed by atoms with Gasteiger partial charge in [-0.2, -0.15) is 0 Å². The highest BCUT2D eigenvalue weighted by Gasteiger charge is 2.15. The Morgan fingerprint density at radius 3 is 2.73 bits per heavy atom. The molecule has 0 aliphatic carbocycles. The molecule has 0 unspecified atom stereocenters. The van der Waals surface area contributed by atoms with E-state index in [1.165, 1.54) is 25.9 Å². The molecule has 0 amide bonds. The first-order valence-corrected chi connectivity index (χ1v) is 4.62. The van der Waals surface area contributed by atoms with Crippen LogP contribution in [0.25, 0.3) is 0 Å². The van der Waals surface area contributed by atoms with Gasteiger partial charge in [-0.05, 0) is 40.2 Å². The highest BCUT2D eigenvalue weighted by atomic mass is 15.1. The molecule has 1 aliphatic rings. The van der Waals surface area contributed by atoms with Crippen LogP contribution in [0, 0.1) is 0 Å². The van der Waals surface area contributed by atoms with Crippen LogP contribution in [0.15, 0.2) is 11.6 Å². The van der Waals surface area contributed by atoms with E-state index < -0.39 is 0 Å². The van der Waals surface area contributed by atoms with Crippen LogP contribution in [0.5, 0.6) is 0 Å². The second-order valence-electron chi connectivity index (χ2n) is 3.61. The number of piperidine rings is 1. The quantitative estimate of drug-likeness (QED) is 0.523. The van der Waals surface area contributed by atoms with Crippen molar-refractivity contribution in [2.45, 2.75) is 39.7 Å². The van der Waals surface area contributed by atoms with E-state index in [0.717, 1.165) is 0 Å². The summed E-state index contributed by atoms with van der Waals surface area (Å²) in [5, 5.41) is 0. The van der Waals surface area contributed by atoms with Crippen molar-refractivity contribution < 1.29 is 0 Å². The Kier molecular flexibility index (Phi) is 3.13. The third kappa shape index (κ3) is 2.33. The molecule has 11 heavy (non-hydrogen) atoms. The summed E-state index contributed by atoms with van der Waals surface area (Å²) in [7, 11) is 0. The maximum absolute atomic E-state index is 2.54. The maximum Gasteiger partial charge on any atom is 0.0195 e. The zero-order valence-electron chi connectivity index (χ0n) is 7.93. The number of hydrogen-bond donors (Lipinski definition) is 0. The van der Waals surface area contributed by atoms with Crippen molar-refractivity contribution in [3.05, 3.63) is 11.6 Å². The minimum atomic E-state index is 0.713. The molecule has 0 aromatic heterocycles. The molecule has 1 heterocycles. The van der Waals surface area contributed by atoms with Crippen LogP contribution in [0.3, 0.4) is 0 Å². The van der Waals surface area contributed by atoms with E-state index in [1.807, 2.05) is 0 Å². The number of likely N-dealkylation sites (tertiary alicyclic amines) is 1. The van der Waals surface area contributed by atoms with Gasteiger partial charge in [-0.25, -0.2) is 0 Å². The Morgan fingerprint density at radius 1 is 1.45 bits per heavy atom. The summed E-state index contributed by atoms with van der Waals surface area (Å²) < 4.78 is 0. The monoisotopic (exact) mass is 153 g/mol. The summed E-state index contributed by atoms with van der Waals surface area (Å²) in [4.78, 5) is 2.54. The lowest BCUT2D eigenvalue weighted by atomic mass is 10.0. The zero-order valence-corrected chi connectivity index (χ0v) is 7.93. The van der Waals surface area contributed by atoms with Gasteiger partial charge in [0.2, 0.25) is 0 Å². The smallest absolute Gasteiger partial charge is 0.0195 e. The third-order valence-electron chi connectivity index (χ3n) is 2.49. The van der Waals surface area contributed by atoms with Crippen LogP contribution in [0.2, 0.25) is 0 Å². The molecule has 0 atom stereocenters. The SMILES string of the molecule is CC=C1CCCN(C(C)C)C1. The highest BCUT2D eigenvalue weighted by Crippen LogP contribution is 2.16. The molecular weight excluding hydrogens is 134 g/mol. The predicted octanol–water partition coefficient (Wildman–Crippen LogP) is 2.44. The van der Waals surface area contributed by atoms with Crippen molar-refractivity contribution in [3.8, 4) is 0 Å². The van der Waals surface area contributed by atoms with E-state index in [4.69, 9.17) is 0 Å². The molecule has 1 heteroatoms. The average molecular weight is 153 g/mol. The first-order valence-electron chi connectivity index (χ1n) is 4.62. The van der Waals surface area contributed by atoms with Gasteiger partial charge in [0, 0.05) is 12.6 Å². The minimum Gasteiger partial charge on any atom is -0.297 e. The third-order valence-corrected chi connectivity index (χ3v) is 2.49. The molecule has 64 valence electrons. The minimum absolute atomic E-state index is 0.713. The Balaban J connectivity index is 2.46. The van der Waals surface area contributed by atoms with Gasteiger partial charge >= 0.3 is 0 Å². The van der Waals surface area contributed by atoms with Crippen molar-refractivity contribution in [3.63, 3.8) is 0 Å². The van der Waals surface area contributed by atoms with E-state index in [1.54, 1.807) is 5.57 Å². The van der Waals surface area contributed by atoms with Crippen LogP contribution in [-0.2, 0) is 0 Å². The van der Waals surface area contributed by atoms with Gasteiger partial charge in [-0.15, -0.1) is 0 Å². The summed E-state index contributed by atoms with van der Waals surface area (Å²) in [5.74, 6) is 0. The lowest BCUT2D eigenvalue weighted by Gasteiger charge is -2.31. The van der Waals surface area contributed by atoms with Crippen LogP contribution in [0.4, 0.5) is 0 Å². The van der Waals surface area contributed by atoms with E-state index in [-0.39, 0.29) is 0 Å². The standard InChI is InChI=1S/C10H19N/c1-4-10-6-5-7-11(8-10)9(2)3/h4,9H,5-8H2,1-3H3. The second-order valence-corrected chi connectivity index (χ2v) is 3.61. The van der Waals surface area contributed by atoms with Gasteiger partial charge in [0.15, 0.2) is 0 Å². The molecule has 0 spiro atoms. The van der Waals surface area contributed by atoms with E-state index in [2.05, 4.69) is 31.7 Å². The maximum atomic E-state index is 2.54. The van der Waals surface area contributed by atoms with Gasteiger partial charge in [0.25, 0.3) is 0 Å². The zero-order chi connectivity index (χ0) is 8.27. The molecule has 0 aromatic carbocycles. The number of allylic oxidation sites excluding steroid dienone is 1. The topological polar surface area (TPSA) is 3.24 Å². The molecule has 0 bridgehead atoms. The number of rotatable bonds is 1. The molecular formula is C10H19N. The van der Waals surface area contributed by atoms with Gasteiger partial charge in [0.1, 0.15) is 0 Å². The normalized spacial score (nSPS) is 24.9. The summed E-state index contributed by atoms with van der Waals surface area (Å²) >= 11 is 0. The van der Waals surface area contributed by atoms with Crippen molar-refractivity contribution in [2.75, 3.05) is 13.1 Å². The molecule has 1 nitrogen and oxygen atoms in total. The first kappa shape index (κ1) is 8.79. The van der Waals surface area contributed by atoms with Gasteiger partial charge in [0.05, 0.1) is 0 Å². The van der Waals surface area contributed by atoms with E-state index >= 15 is 0 Å². The molecule has 1 saturated heterocycles.